The van der Waals surface area contributed by atoms with E-state index < -0.39 is 0 Å². The van der Waals surface area contributed by atoms with Crippen molar-refractivity contribution in [3.8, 4) is 11.1 Å². The van der Waals surface area contributed by atoms with Crippen LogP contribution in [0.1, 0.15) is 24.1 Å². The van der Waals surface area contributed by atoms with Crippen LogP contribution >= 0.6 is 0 Å². The van der Waals surface area contributed by atoms with E-state index in [-0.39, 0.29) is 11.8 Å². The Kier molecular flexibility index (Phi) is 3.53. The van der Waals surface area contributed by atoms with Crippen molar-refractivity contribution in [1.29, 1.82) is 0 Å². The summed E-state index contributed by atoms with van der Waals surface area (Å²) in [6.45, 7) is 4.13. The summed E-state index contributed by atoms with van der Waals surface area (Å²) in [6.07, 6.45) is 5.65. The minimum Gasteiger partial charge on any atom is -0.310 e. The highest BCUT2D eigenvalue weighted by Crippen LogP contribution is 2.31. The van der Waals surface area contributed by atoms with E-state index in [1.807, 2.05) is 31.5 Å². The van der Waals surface area contributed by atoms with Gasteiger partial charge in [0.15, 0.2) is 0 Å². The van der Waals surface area contributed by atoms with Gasteiger partial charge in [-0.1, -0.05) is 12.1 Å². The molecule has 1 N–H and O–H groups in total. The topological polar surface area (TPSA) is 54.9 Å². The molecule has 2 heterocycles. The summed E-state index contributed by atoms with van der Waals surface area (Å²) in [7, 11) is 0. The third-order valence-corrected chi connectivity index (χ3v) is 4.56. The zero-order chi connectivity index (χ0) is 16.7. The van der Waals surface area contributed by atoms with E-state index in [1.54, 1.807) is 0 Å². The van der Waals surface area contributed by atoms with Gasteiger partial charge >= 0.3 is 0 Å². The maximum atomic E-state index is 11.9. The number of amides is 1. The molecule has 1 amide bonds. The van der Waals surface area contributed by atoms with Gasteiger partial charge in [0, 0.05) is 35.0 Å². The van der Waals surface area contributed by atoms with Crippen LogP contribution in [0, 0.1) is 19.8 Å². The van der Waals surface area contributed by atoms with Crippen LogP contribution in [0.2, 0.25) is 0 Å². The van der Waals surface area contributed by atoms with Gasteiger partial charge in [-0.05, 0) is 61.4 Å². The van der Waals surface area contributed by atoms with Gasteiger partial charge in [-0.2, -0.15) is 0 Å². The maximum Gasteiger partial charge on any atom is 0.228 e. The molecule has 1 aliphatic rings. The van der Waals surface area contributed by atoms with Crippen LogP contribution in [-0.2, 0) is 4.79 Å². The largest absolute Gasteiger partial charge is 0.310 e. The van der Waals surface area contributed by atoms with Crippen LogP contribution in [0.15, 0.2) is 42.7 Å². The number of fused-ring (bicyclic) bond motifs is 1. The Morgan fingerprint density at radius 1 is 1.08 bits per heavy atom. The molecule has 0 saturated heterocycles. The molecule has 1 fully saturated rings. The first-order valence-corrected chi connectivity index (χ1v) is 8.25. The molecule has 0 radical (unpaired) electrons. The van der Waals surface area contributed by atoms with Gasteiger partial charge < -0.3 is 5.32 Å². The number of benzene rings is 1. The molecule has 0 spiro atoms. The Labute approximate surface area is 141 Å². The van der Waals surface area contributed by atoms with Crippen molar-refractivity contribution in [2.24, 2.45) is 5.92 Å². The predicted molar refractivity (Wildman–Crippen MR) is 95.8 cm³/mol. The van der Waals surface area contributed by atoms with E-state index in [0.29, 0.717) is 5.82 Å². The smallest absolute Gasteiger partial charge is 0.228 e. The normalized spacial score (nSPS) is 13.9. The summed E-state index contributed by atoms with van der Waals surface area (Å²) in [4.78, 5) is 20.7. The van der Waals surface area contributed by atoms with Crippen LogP contribution in [0.25, 0.3) is 21.9 Å². The SMILES string of the molecule is Cc1ccnc(C)c1-c1ccc2cc(NC(=O)C3CC3)ncc2c1. The predicted octanol–water partition coefficient (Wildman–Crippen LogP) is 4.26. The number of nitrogens with one attached hydrogen (secondary N) is 1. The van der Waals surface area contributed by atoms with Crippen molar-refractivity contribution in [3.05, 3.63) is 54.0 Å². The minimum atomic E-state index is 0.0834. The van der Waals surface area contributed by atoms with Gasteiger partial charge in [0.1, 0.15) is 5.82 Å². The van der Waals surface area contributed by atoms with Crippen molar-refractivity contribution >= 4 is 22.5 Å². The van der Waals surface area contributed by atoms with E-state index in [1.165, 1.54) is 11.1 Å². The first-order chi connectivity index (χ1) is 11.6. The number of carbonyl (C=O) groups is 1. The highest BCUT2D eigenvalue weighted by Gasteiger charge is 2.29. The molecule has 4 rings (SSSR count). The number of aromatic nitrogens is 2. The first kappa shape index (κ1) is 14.8. The molecule has 1 aromatic carbocycles. The summed E-state index contributed by atoms with van der Waals surface area (Å²) in [5, 5.41) is 5.02. The molecule has 1 saturated carbocycles. The van der Waals surface area contributed by atoms with Crippen molar-refractivity contribution in [2.45, 2.75) is 26.7 Å². The second-order valence-corrected chi connectivity index (χ2v) is 6.48. The van der Waals surface area contributed by atoms with Gasteiger partial charge in [-0.3, -0.25) is 9.78 Å². The van der Waals surface area contributed by atoms with Crippen LogP contribution in [0.5, 0.6) is 0 Å². The average molecular weight is 317 g/mol. The van der Waals surface area contributed by atoms with E-state index in [0.717, 1.165) is 34.9 Å². The minimum absolute atomic E-state index is 0.0834. The Bertz CT molecular complexity index is 925. The number of hydrogen-bond acceptors (Lipinski definition) is 3. The summed E-state index contributed by atoms with van der Waals surface area (Å²) < 4.78 is 0. The van der Waals surface area contributed by atoms with Gasteiger partial charge in [0.2, 0.25) is 5.91 Å². The second-order valence-electron chi connectivity index (χ2n) is 6.48. The lowest BCUT2D eigenvalue weighted by molar-refractivity contribution is -0.117. The fourth-order valence-electron chi connectivity index (χ4n) is 3.07. The fraction of sp³-hybridized carbons (Fsp3) is 0.250. The zero-order valence-electron chi connectivity index (χ0n) is 13.8. The highest BCUT2D eigenvalue weighted by molar-refractivity contribution is 5.96. The Hall–Kier alpha value is -2.75. The molecule has 24 heavy (non-hydrogen) atoms. The summed E-state index contributed by atoms with van der Waals surface area (Å²) in [6, 6.07) is 10.3. The third kappa shape index (κ3) is 2.75. The quantitative estimate of drug-likeness (QED) is 0.785. The molecule has 2 aromatic heterocycles. The van der Waals surface area contributed by atoms with Crippen molar-refractivity contribution in [1.82, 2.24) is 9.97 Å². The number of hydrogen-bond donors (Lipinski definition) is 1. The third-order valence-electron chi connectivity index (χ3n) is 4.56. The molecule has 0 atom stereocenters. The van der Waals surface area contributed by atoms with Gasteiger partial charge in [0.05, 0.1) is 0 Å². The van der Waals surface area contributed by atoms with Crippen molar-refractivity contribution in [2.75, 3.05) is 5.32 Å². The highest BCUT2D eigenvalue weighted by atomic mass is 16.2. The average Bonchev–Trinajstić information content (AvgIpc) is 3.39. The number of pyridine rings is 2. The fourth-order valence-corrected chi connectivity index (χ4v) is 3.07. The van der Waals surface area contributed by atoms with Gasteiger partial charge in [-0.25, -0.2) is 4.98 Å². The van der Waals surface area contributed by atoms with E-state index in [9.17, 15) is 4.79 Å². The lowest BCUT2D eigenvalue weighted by Gasteiger charge is -2.10. The molecule has 3 aromatic rings. The Morgan fingerprint density at radius 2 is 1.92 bits per heavy atom. The second kappa shape index (κ2) is 5.71. The van der Waals surface area contributed by atoms with E-state index in [4.69, 9.17) is 0 Å². The van der Waals surface area contributed by atoms with Crippen molar-refractivity contribution in [3.63, 3.8) is 0 Å². The molecule has 4 heteroatoms. The molecule has 0 aliphatic heterocycles. The number of aryl methyl sites for hydroxylation is 2. The van der Waals surface area contributed by atoms with E-state index >= 15 is 0 Å². The van der Waals surface area contributed by atoms with E-state index in [2.05, 4.69) is 40.4 Å². The maximum absolute atomic E-state index is 11.9. The number of rotatable bonds is 3. The van der Waals surface area contributed by atoms with Crippen LogP contribution < -0.4 is 5.32 Å². The molecule has 0 bridgehead atoms. The van der Waals surface area contributed by atoms with Crippen LogP contribution in [-0.4, -0.2) is 15.9 Å². The molecular formula is C20H19N3O. The lowest BCUT2D eigenvalue weighted by atomic mass is 9.97. The molecule has 120 valence electrons. The van der Waals surface area contributed by atoms with Crippen LogP contribution in [0.3, 0.4) is 0 Å². The molecule has 4 nitrogen and oxygen atoms in total. The lowest BCUT2D eigenvalue weighted by Crippen LogP contribution is -2.14. The summed E-state index contributed by atoms with van der Waals surface area (Å²) >= 11 is 0. The molecule has 0 unspecified atom stereocenters. The number of anilines is 1. The zero-order valence-corrected chi connectivity index (χ0v) is 13.8. The van der Waals surface area contributed by atoms with Crippen molar-refractivity contribution < 1.29 is 4.79 Å². The summed E-state index contributed by atoms with van der Waals surface area (Å²) in [5.41, 5.74) is 4.55. The monoisotopic (exact) mass is 317 g/mol. The number of carbonyl (C=O) groups excluding carboxylic acids is 1. The van der Waals surface area contributed by atoms with Crippen LogP contribution in [0.4, 0.5) is 5.82 Å². The van der Waals surface area contributed by atoms with Gasteiger partial charge in [-0.15, -0.1) is 0 Å². The first-order valence-electron chi connectivity index (χ1n) is 8.25. The molecular weight excluding hydrogens is 298 g/mol. The Balaban J connectivity index is 1.70. The van der Waals surface area contributed by atoms with Gasteiger partial charge in [0.25, 0.3) is 0 Å². The standard InChI is InChI=1S/C20H19N3O/c1-12-7-8-21-13(2)19(12)16-6-5-15-10-18(22-11-17(15)9-16)23-20(24)14-3-4-14/h5-11,14H,3-4H2,1-2H3,(H,22,23,24). The summed E-state index contributed by atoms with van der Waals surface area (Å²) in [5.74, 6) is 0.891. The number of nitrogens with zero attached hydrogens (tertiary/aromatic N) is 2. The Morgan fingerprint density at radius 3 is 2.67 bits per heavy atom. The molecule has 1 aliphatic carbocycles.